The number of hydrogen-bond donors (Lipinski definition) is 1. The van der Waals surface area contributed by atoms with Gasteiger partial charge in [0.25, 0.3) is 11.6 Å². The molecule has 1 aromatic carbocycles. The molecule has 0 fully saturated rings. The molecule has 3 heterocycles. The molecular weight excluding hydrogens is 378 g/mol. The number of pyridine rings is 1. The van der Waals surface area contributed by atoms with Crippen LogP contribution in [0.4, 0.5) is 5.69 Å². The first-order chi connectivity index (χ1) is 13.3. The Morgan fingerprint density at radius 2 is 1.89 bits per heavy atom. The highest BCUT2D eigenvalue weighted by Gasteiger charge is 2.21. The van der Waals surface area contributed by atoms with E-state index in [1.807, 2.05) is 32.9 Å². The minimum absolute atomic E-state index is 0.289. The number of aromatic nitrogens is 2. The first-order valence-corrected chi connectivity index (χ1v) is 9.13. The van der Waals surface area contributed by atoms with Gasteiger partial charge >= 0.3 is 0 Å². The molecule has 28 heavy (non-hydrogen) atoms. The third-order valence-corrected chi connectivity index (χ3v) is 4.86. The van der Waals surface area contributed by atoms with Gasteiger partial charge < -0.3 is 14.3 Å². The lowest BCUT2D eigenvalue weighted by Gasteiger charge is -2.10. The second-order valence-electron chi connectivity index (χ2n) is 6.74. The van der Waals surface area contributed by atoms with Gasteiger partial charge in [0.05, 0.1) is 22.3 Å². The number of halogens is 1. The van der Waals surface area contributed by atoms with Crippen LogP contribution in [0.3, 0.4) is 0 Å². The van der Waals surface area contributed by atoms with Crippen LogP contribution in [-0.2, 0) is 0 Å². The van der Waals surface area contributed by atoms with E-state index in [2.05, 4.69) is 15.5 Å². The molecular formula is C21H18ClN3O3. The first kappa shape index (κ1) is 18.3. The molecule has 0 aliphatic heterocycles. The van der Waals surface area contributed by atoms with Crippen molar-refractivity contribution in [3.05, 3.63) is 63.7 Å². The Morgan fingerprint density at radius 1 is 1.11 bits per heavy atom. The molecule has 0 aliphatic carbocycles. The van der Waals surface area contributed by atoms with Crippen LogP contribution < -0.4 is 5.32 Å². The molecule has 1 N–H and O–H groups in total. The van der Waals surface area contributed by atoms with Crippen molar-refractivity contribution in [1.29, 1.82) is 0 Å². The van der Waals surface area contributed by atoms with Crippen LogP contribution in [0.25, 0.3) is 22.4 Å². The molecule has 7 heteroatoms. The lowest BCUT2D eigenvalue weighted by atomic mass is 10.0. The molecule has 3 aromatic heterocycles. The number of furan rings is 1. The van der Waals surface area contributed by atoms with Crippen LogP contribution in [0.15, 0.2) is 39.3 Å². The second-order valence-corrected chi connectivity index (χ2v) is 7.18. The summed E-state index contributed by atoms with van der Waals surface area (Å²) in [5, 5.41) is 8.04. The molecule has 6 nitrogen and oxygen atoms in total. The topological polar surface area (TPSA) is 81.2 Å². The van der Waals surface area contributed by atoms with Crippen LogP contribution in [0, 0.1) is 27.7 Å². The van der Waals surface area contributed by atoms with Gasteiger partial charge in [0.15, 0.2) is 0 Å². The summed E-state index contributed by atoms with van der Waals surface area (Å²) in [5.74, 6) is 1.20. The van der Waals surface area contributed by atoms with Gasteiger partial charge in [-0.2, -0.15) is 0 Å². The van der Waals surface area contributed by atoms with Gasteiger partial charge in [-0.25, -0.2) is 4.98 Å². The molecule has 0 spiro atoms. The van der Waals surface area contributed by atoms with Gasteiger partial charge in [-0.3, -0.25) is 4.79 Å². The fourth-order valence-corrected chi connectivity index (χ4v) is 3.39. The van der Waals surface area contributed by atoms with Crippen LogP contribution in [0.2, 0.25) is 5.02 Å². The van der Waals surface area contributed by atoms with Crippen LogP contribution in [0.5, 0.6) is 0 Å². The summed E-state index contributed by atoms with van der Waals surface area (Å²) in [4.78, 5) is 17.7. The number of fused-ring (bicyclic) bond motifs is 1. The maximum absolute atomic E-state index is 13.1. The van der Waals surface area contributed by atoms with E-state index in [0.717, 1.165) is 22.6 Å². The van der Waals surface area contributed by atoms with E-state index in [0.29, 0.717) is 38.8 Å². The number of carbonyl (C=O) groups is 1. The van der Waals surface area contributed by atoms with Gasteiger partial charge in [-0.1, -0.05) is 22.8 Å². The van der Waals surface area contributed by atoms with Crippen LogP contribution in [0.1, 0.15) is 33.1 Å². The van der Waals surface area contributed by atoms with Crippen molar-refractivity contribution < 1.29 is 13.7 Å². The standard InChI is InChI=1S/C21H18ClN3O3/c1-10-5-6-14(22)8-17(10)23-20(26)16-9-18(15-7-11(2)27-13(15)4)24-21-19(16)12(3)25-28-21/h5-9H,1-4H3,(H,23,26). The molecule has 142 valence electrons. The van der Waals surface area contributed by atoms with Gasteiger partial charge in [0, 0.05) is 16.3 Å². The number of benzene rings is 1. The van der Waals surface area contributed by atoms with E-state index in [4.69, 9.17) is 20.5 Å². The minimum atomic E-state index is -0.289. The Balaban J connectivity index is 1.85. The van der Waals surface area contributed by atoms with E-state index < -0.39 is 0 Å². The summed E-state index contributed by atoms with van der Waals surface area (Å²) < 4.78 is 11.0. The molecule has 0 radical (unpaired) electrons. The number of nitrogens with one attached hydrogen (secondary N) is 1. The third-order valence-electron chi connectivity index (χ3n) is 4.63. The lowest BCUT2D eigenvalue weighted by molar-refractivity contribution is 0.102. The number of anilines is 1. The molecule has 0 bridgehead atoms. The van der Waals surface area contributed by atoms with Crippen molar-refractivity contribution in [3.63, 3.8) is 0 Å². The average molecular weight is 396 g/mol. The summed E-state index contributed by atoms with van der Waals surface area (Å²) in [6, 6.07) is 8.98. The number of rotatable bonds is 3. The van der Waals surface area contributed by atoms with E-state index >= 15 is 0 Å². The fraction of sp³-hybridized carbons (Fsp3) is 0.190. The number of amides is 1. The molecule has 4 aromatic rings. The predicted molar refractivity (Wildman–Crippen MR) is 108 cm³/mol. The second kappa shape index (κ2) is 6.80. The number of nitrogens with zero attached hydrogens (tertiary/aromatic N) is 2. The van der Waals surface area contributed by atoms with Gasteiger partial charge in [0.1, 0.15) is 11.5 Å². The Bertz CT molecular complexity index is 1220. The minimum Gasteiger partial charge on any atom is -0.466 e. The summed E-state index contributed by atoms with van der Waals surface area (Å²) in [5.41, 5.74) is 4.28. The molecule has 0 atom stereocenters. The summed E-state index contributed by atoms with van der Waals surface area (Å²) in [7, 11) is 0. The van der Waals surface area contributed by atoms with Crippen molar-refractivity contribution in [2.75, 3.05) is 5.32 Å². The quantitative estimate of drug-likeness (QED) is 0.486. The van der Waals surface area contributed by atoms with Crippen LogP contribution in [-0.4, -0.2) is 16.0 Å². The lowest BCUT2D eigenvalue weighted by Crippen LogP contribution is -2.14. The van der Waals surface area contributed by atoms with Gasteiger partial charge in [0.2, 0.25) is 0 Å². The zero-order chi connectivity index (χ0) is 20.0. The molecule has 0 unspecified atom stereocenters. The van der Waals surface area contributed by atoms with E-state index in [1.54, 1.807) is 25.1 Å². The normalized spacial score (nSPS) is 11.2. The Labute approximate surface area is 166 Å². The largest absolute Gasteiger partial charge is 0.466 e. The van der Waals surface area contributed by atoms with Crippen molar-refractivity contribution in [3.8, 4) is 11.3 Å². The van der Waals surface area contributed by atoms with Crippen molar-refractivity contribution >= 4 is 34.3 Å². The SMILES string of the molecule is Cc1cc(-c2cc(C(=O)Nc3cc(Cl)ccc3C)c3c(C)noc3n2)c(C)o1. The zero-order valence-electron chi connectivity index (χ0n) is 15.9. The summed E-state index contributed by atoms with van der Waals surface area (Å²) in [6.45, 7) is 7.40. The smallest absolute Gasteiger partial charge is 0.259 e. The molecule has 1 amide bonds. The maximum atomic E-state index is 13.1. The average Bonchev–Trinajstić information content (AvgIpc) is 3.19. The Kier molecular flexibility index (Phi) is 4.43. The highest BCUT2D eigenvalue weighted by Crippen LogP contribution is 2.31. The van der Waals surface area contributed by atoms with Crippen molar-refractivity contribution in [2.24, 2.45) is 0 Å². The third kappa shape index (κ3) is 3.16. The number of carbonyl (C=O) groups excluding carboxylic acids is 1. The molecule has 0 saturated carbocycles. The van der Waals surface area contributed by atoms with Crippen LogP contribution >= 0.6 is 11.6 Å². The van der Waals surface area contributed by atoms with E-state index in [1.165, 1.54) is 0 Å². The fourth-order valence-electron chi connectivity index (χ4n) is 3.22. The first-order valence-electron chi connectivity index (χ1n) is 8.75. The monoisotopic (exact) mass is 395 g/mol. The highest BCUT2D eigenvalue weighted by atomic mass is 35.5. The number of hydrogen-bond acceptors (Lipinski definition) is 5. The molecule has 0 aliphatic rings. The van der Waals surface area contributed by atoms with Crippen molar-refractivity contribution in [2.45, 2.75) is 27.7 Å². The van der Waals surface area contributed by atoms with Gasteiger partial charge in [-0.05, 0) is 57.5 Å². The molecule has 4 rings (SSSR count). The Morgan fingerprint density at radius 3 is 2.61 bits per heavy atom. The number of aryl methyl sites for hydroxylation is 4. The Hall–Kier alpha value is -3.12. The van der Waals surface area contributed by atoms with Crippen molar-refractivity contribution in [1.82, 2.24) is 10.1 Å². The van der Waals surface area contributed by atoms with Gasteiger partial charge in [-0.15, -0.1) is 0 Å². The zero-order valence-corrected chi connectivity index (χ0v) is 16.6. The highest BCUT2D eigenvalue weighted by molar-refractivity contribution is 6.31. The summed E-state index contributed by atoms with van der Waals surface area (Å²) in [6.07, 6.45) is 0. The van der Waals surface area contributed by atoms with E-state index in [9.17, 15) is 4.79 Å². The predicted octanol–water partition coefficient (Wildman–Crippen LogP) is 5.62. The van der Waals surface area contributed by atoms with E-state index in [-0.39, 0.29) is 5.91 Å². The molecule has 0 saturated heterocycles. The summed E-state index contributed by atoms with van der Waals surface area (Å²) >= 11 is 6.08. The maximum Gasteiger partial charge on any atom is 0.259 e.